The van der Waals surface area contributed by atoms with Crippen molar-refractivity contribution in [1.29, 1.82) is 0 Å². The second-order valence-corrected chi connectivity index (χ2v) is 4.64. The molecule has 0 amide bonds. The summed E-state index contributed by atoms with van der Waals surface area (Å²) in [6.07, 6.45) is 3.39. The molecule has 0 atom stereocenters. The topological polar surface area (TPSA) is 28.2 Å². The number of halogens is 1. The standard InChI is InChI=1S/C15H16FN3/c16-15-4-3-13(19-8-6-17-7-9-19)10-14(15)12-2-1-5-18-11-12/h1-5,10-11,17H,6-9H2. The molecule has 1 saturated heterocycles. The Balaban J connectivity index is 1.96. The number of hydrogen-bond donors (Lipinski definition) is 1. The van der Waals surface area contributed by atoms with Crippen LogP contribution in [0.3, 0.4) is 0 Å². The highest BCUT2D eigenvalue weighted by Crippen LogP contribution is 2.27. The highest BCUT2D eigenvalue weighted by atomic mass is 19.1. The molecule has 2 aromatic rings. The zero-order valence-electron chi connectivity index (χ0n) is 10.6. The van der Waals surface area contributed by atoms with Crippen molar-refractivity contribution in [2.45, 2.75) is 0 Å². The van der Waals surface area contributed by atoms with E-state index in [9.17, 15) is 4.39 Å². The molecule has 1 fully saturated rings. The van der Waals surface area contributed by atoms with Crippen LogP contribution in [-0.2, 0) is 0 Å². The van der Waals surface area contributed by atoms with Gasteiger partial charge in [0.2, 0.25) is 0 Å². The van der Waals surface area contributed by atoms with Crippen molar-refractivity contribution in [2.75, 3.05) is 31.1 Å². The van der Waals surface area contributed by atoms with Crippen molar-refractivity contribution in [3.8, 4) is 11.1 Å². The van der Waals surface area contributed by atoms with Crippen LogP contribution in [-0.4, -0.2) is 31.2 Å². The maximum Gasteiger partial charge on any atom is 0.131 e. The Hall–Kier alpha value is -1.94. The second-order valence-electron chi connectivity index (χ2n) is 4.64. The monoisotopic (exact) mass is 257 g/mol. The Morgan fingerprint density at radius 1 is 1.16 bits per heavy atom. The van der Waals surface area contributed by atoms with E-state index in [2.05, 4.69) is 15.2 Å². The van der Waals surface area contributed by atoms with Crippen LogP contribution in [0.2, 0.25) is 0 Å². The van der Waals surface area contributed by atoms with Gasteiger partial charge in [0.1, 0.15) is 5.82 Å². The molecule has 3 rings (SSSR count). The van der Waals surface area contributed by atoms with Crippen molar-refractivity contribution in [1.82, 2.24) is 10.3 Å². The third-order valence-corrected chi connectivity index (χ3v) is 3.40. The maximum atomic E-state index is 14.0. The van der Waals surface area contributed by atoms with Gasteiger partial charge in [-0.25, -0.2) is 4.39 Å². The Bertz CT molecular complexity index is 551. The lowest BCUT2D eigenvalue weighted by Gasteiger charge is -2.29. The first-order chi connectivity index (χ1) is 9.34. The molecular weight excluding hydrogens is 241 g/mol. The van der Waals surface area contributed by atoms with E-state index in [0.717, 1.165) is 37.4 Å². The molecule has 0 bridgehead atoms. The zero-order valence-corrected chi connectivity index (χ0v) is 10.6. The minimum absolute atomic E-state index is 0.202. The van der Waals surface area contributed by atoms with Crippen LogP contribution in [0, 0.1) is 5.82 Å². The van der Waals surface area contributed by atoms with Crippen molar-refractivity contribution in [3.63, 3.8) is 0 Å². The fraction of sp³-hybridized carbons (Fsp3) is 0.267. The highest BCUT2D eigenvalue weighted by Gasteiger charge is 2.13. The van der Waals surface area contributed by atoms with Gasteiger partial charge in [-0.3, -0.25) is 4.98 Å². The van der Waals surface area contributed by atoms with E-state index < -0.39 is 0 Å². The summed E-state index contributed by atoms with van der Waals surface area (Å²) in [6.45, 7) is 3.86. The molecule has 0 aliphatic carbocycles. The minimum Gasteiger partial charge on any atom is -0.369 e. The Morgan fingerprint density at radius 3 is 2.74 bits per heavy atom. The first kappa shape index (κ1) is 12.1. The summed E-state index contributed by atoms with van der Waals surface area (Å²) in [7, 11) is 0. The van der Waals surface area contributed by atoms with Crippen molar-refractivity contribution >= 4 is 5.69 Å². The molecule has 1 N–H and O–H groups in total. The van der Waals surface area contributed by atoms with Gasteiger partial charge in [-0.1, -0.05) is 6.07 Å². The number of rotatable bonds is 2. The van der Waals surface area contributed by atoms with Crippen LogP contribution < -0.4 is 10.2 Å². The molecule has 3 nitrogen and oxygen atoms in total. The number of piperazine rings is 1. The Morgan fingerprint density at radius 2 is 2.00 bits per heavy atom. The summed E-state index contributed by atoms with van der Waals surface area (Å²) in [4.78, 5) is 6.33. The molecule has 4 heteroatoms. The molecule has 19 heavy (non-hydrogen) atoms. The smallest absolute Gasteiger partial charge is 0.131 e. The van der Waals surface area contributed by atoms with Gasteiger partial charge >= 0.3 is 0 Å². The highest BCUT2D eigenvalue weighted by molar-refractivity contribution is 5.68. The maximum absolute atomic E-state index is 14.0. The van der Waals surface area contributed by atoms with Crippen LogP contribution in [0.5, 0.6) is 0 Å². The predicted octanol–water partition coefficient (Wildman–Crippen LogP) is 2.30. The third-order valence-electron chi connectivity index (χ3n) is 3.40. The molecular formula is C15H16FN3. The van der Waals surface area contributed by atoms with E-state index >= 15 is 0 Å². The molecule has 98 valence electrons. The molecule has 0 unspecified atom stereocenters. The average Bonchev–Trinajstić information content (AvgIpc) is 2.49. The van der Waals surface area contributed by atoms with E-state index in [1.165, 1.54) is 0 Å². The average molecular weight is 257 g/mol. The number of anilines is 1. The van der Waals surface area contributed by atoms with E-state index in [1.807, 2.05) is 24.3 Å². The zero-order chi connectivity index (χ0) is 13.1. The fourth-order valence-corrected chi connectivity index (χ4v) is 2.38. The number of nitrogens with zero attached hydrogens (tertiary/aromatic N) is 2. The van der Waals surface area contributed by atoms with Gasteiger partial charge in [-0.05, 0) is 24.3 Å². The van der Waals surface area contributed by atoms with Gasteiger partial charge in [0.25, 0.3) is 0 Å². The quantitative estimate of drug-likeness (QED) is 0.894. The predicted molar refractivity (Wildman–Crippen MR) is 74.7 cm³/mol. The number of nitrogens with one attached hydrogen (secondary N) is 1. The normalized spacial score (nSPS) is 15.5. The summed E-state index contributed by atoms with van der Waals surface area (Å²) in [5.74, 6) is -0.202. The lowest BCUT2D eigenvalue weighted by Crippen LogP contribution is -2.43. The van der Waals surface area contributed by atoms with E-state index in [0.29, 0.717) is 5.56 Å². The van der Waals surface area contributed by atoms with Crippen LogP contribution in [0.25, 0.3) is 11.1 Å². The van der Waals surface area contributed by atoms with Crippen molar-refractivity contribution in [3.05, 3.63) is 48.5 Å². The largest absolute Gasteiger partial charge is 0.369 e. The summed E-state index contributed by atoms with van der Waals surface area (Å²) >= 11 is 0. The summed E-state index contributed by atoms with van der Waals surface area (Å²) < 4.78 is 14.0. The fourth-order valence-electron chi connectivity index (χ4n) is 2.38. The lowest BCUT2D eigenvalue weighted by molar-refractivity contribution is 0.588. The molecule has 1 aliphatic rings. The Labute approximate surface area is 112 Å². The third kappa shape index (κ3) is 2.58. The first-order valence-electron chi connectivity index (χ1n) is 6.50. The second kappa shape index (κ2) is 5.36. The van der Waals surface area contributed by atoms with Crippen molar-refractivity contribution in [2.24, 2.45) is 0 Å². The Kier molecular flexibility index (Phi) is 3.42. The SMILES string of the molecule is Fc1ccc(N2CCNCC2)cc1-c1cccnc1. The molecule has 0 radical (unpaired) electrons. The number of hydrogen-bond acceptors (Lipinski definition) is 3. The van der Waals surface area contributed by atoms with E-state index in [1.54, 1.807) is 18.5 Å². The summed E-state index contributed by atoms with van der Waals surface area (Å²) in [5.41, 5.74) is 2.50. The number of aromatic nitrogens is 1. The molecule has 1 aliphatic heterocycles. The molecule has 0 saturated carbocycles. The van der Waals surface area contributed by atoms with Crippen LogP contribution in [0.4, 0.5) is 10.1 Å². The number of pyridine rings is 1. The van der Waals surface area contributed by atoms with Gasteiger partial charge in [0, 0.05) is 55.4 Å². The van der Waals surface area contributed by atoms with Crippen molar-refractivity contribution < 1.29 is 4.39 Å². The van der Waals surface area contributed by atoms with Crippen LogP contribution in [0.1, 0.15) is 0 Å². The molecule has 2 heterocycles. The van der Waals surface area contributed by atoms with Gasteiger partial charge in [0.15, 0.2) is 0 Å². The van der Waals surface area contributed by atoms with E-state index in [-0.39, 0.29) is 5.82 Å². The number of benzene rings is 1. The minimum atomic E-state index is -0.202. The van der Waals surface area contributed by atoms with Crippen LogP contribution in [0.15, 0.2) is 42.7 Å². The first-order valence-corrected chi connectivity index (χ1v) is 6.50. The van der Waals surface area contributed by atoms with Gasteiger partial charge in [-0.15, -0.1) is 0 Å². The summed E-state index contributed by atoms with van der Waals surface area (Å²) in [5, 5.41) is 3.32. The molecule has 0 spiro atoms. The molecule has 1 aromatic heterocycles. The van der Waals surface area contributed by atoms with Gasteiger partial charge < -0.3 is 10.2 Å². The van der Waals surface area contributed by atoms with Crippen LogP contribution >= 0.6 is 0 Å². The van der Waals surface area contributed by atoms with E-state index in [4.69, 9.17) is 0 Å². The lowest BCUT2D eigenvalue weighted by atomic mass is 10.1. The summed E-state index contributed by atoms with van der Waals surface area (Å²) in [6, 6.07) is 9.01. The van der Waals surface area contributed by atoms with Gasteiger partial charge in [-0.2, -0.15) is 0 Å². The molecule has 1 aromatic carbocycles. The van der Waals surface area contributed by atoms with Gasteiger partial charge in [0.05, 0.1) is 0 Å².